The van der Waals surface area contributed by atoms with Gasteiger partial charge in [0.25, 0.3) is 0 Å². The minimum Gasteiger partial charge on any atom is -0.461 e. The molecule has 0 aliphatic heterocycles. The predicted molar refractivity (Wildman–Crippen MR) is 76.2 cm³/mol. The van der Waals surface area contributed by atoms with Crippen LogP contribution in [0.15, 0.2) is 34.3 Å². The fraction of sp³-hybridized carbons (Fsp3) is 0.250. The number of ether oxygens (including phenoxy) is 1. The maximum atomic E-state index is 5.85. The van der Waals surface area contributed by atoms with E-state index in [0.29, 0.717) is 10.2 Å². The highest BCUT2D eigenvalue weighted by Gasteiger charge is 2.09. The average molecular weight is 316 g/mol. The first-order valence-corrected chi connectivity index (χ1v) is 7.12. The highest BCUT2D eigenvalue weighted by Crippen LogP contribution is 2.27. The number of nitrogens with zero attached hydrogens (tertiary/aromatic N) is 3. The lowest BCUT2D eigenvalue weighted by Crippen LogP contribution is -2.09. The van der Waals surface area contributed by atoms with Crippen LogP contribution in [-0.4, -0.2) is 21.1 Å². The third kappa shape index (κ3) is 4.53. The van der Waals surface area contributed by atoms with Crippen molar-refractivity contribution in [2.75, 3.05) is 0 Å². The van der Waals surface area contributed by atoms with E-state index in [-0.39, 0.29) is 17.4 Å². The molecule has 0 bridgehead atoms. The lowest BCUT2D eigenvalue weighted by molar-refractivity contribution is 0.219. The zero-order valence-electron chi connectivity index (χ0n) is 10.3. The van der Waals surface area contributed by atoms with Crippen LogP contribution >= 0.6 is 35.0 Å². The second-order valence-corrected chi connectivity index (χ2v) is 5.71. The number of hydrogen-bond donors (Lipinski definition) is 0. The van der Waals surface area contributed by atoms with Gasteiger partial charge in [-0.15, -0.1) is 0 Å². The van der Waals surface area contributed by atoms with Gasteiger partial charge in [-0.3, -0.25) is 0 Å². The predicted octanol–water partition coefficient (Wildman–Crippen LogP) is 4.12. The molecule has 0 fully saturated rings. The minimum absolute atomic E-state index is 0.0214. The second-order valence-electron chi connectivity index (χ2n) is 3.89. The Labute approximate surface area is 125 Å². The van der Waals surface area contributed by atoms with E-state index in [4.69, 9.17) is 27.9 Å². The first-order valence-electron chi connectivity index (χ1n) is 5.54. The summed E-state index contributed by atoms with van der Waals surface area (Å²) >= 11 is 13.0. The van der Waals surface area contributed by atoms with Gasteiger partial charge in [0.05, 0.1) is 6.10 Å². The molecule has 0 spiro atoms. The highest BCUT2D eigenvalue weighted by molar-refractivity contribution is 7.99. The summed E-state index contributed by atoms with van der Waals surface area (Å²) in [6.45, 7) is 3.79. The van der Waals surface area contributed by atoms with Gasteiger partial charge in [-0.05, 0) is 61.5 Å². The third-order valence-electron chi connectivity index (χ3n) is 1.93. The smallest absolute Gasteiger partial charge is 0.322 e. The van der Waals surface area contributed by atoms with E-state index < -0.39 is 0 Å². The first-order chi connectivity index (χ1) is 9.02. The van der Waals surface area contributed by atoms with E-state index in [9.17, 15) is 0 Å². The molecule has 2 aromatic rings. The van der Waals surface area contributed by atoms with Crippen molar-refractivity contribution in [3.8, 4) is 6.01 Å². The molecule has 0 saturated heterocycles. The van der Waals surface area contributed by atoms with Crippen LogP contribution in [0.5, 0.6) is 6.01 Å². The van der Waals surface area contributed by atoms with Crippen LogP contribution in [-0.2, 0) is 0 Å². The standard InChI is InChI=1S/C12H11Cl2N3OS/c1-7(2)18-11-15-10(14)16-12(17-11)19-9-5-3-8(13)4-6-9/h3-7H,1-2H3. The lowest BCUT2D eigenvalue weighted by Gasteiger charge is -2.08. The van der Waals surface area contributed by atoms with E-state index in [0.717, 1.165) is 4.90 Å². The summed E-state index contributed by atoms with van der Waals surface area (Å²) in [5.74, 6) is 0. The SMILES string of the molecule is CC(C)Oc1nc(Cl)nc(Sc2ccc(Cl)cc2)n1. The first kappa shape index (κ1) is 14.4. The van der Waals surface area contributed by atoms with Crippen molar-refractivity contribution in [3.63, 3.8) is 0 Å². The van der Waals surface area contributed by atoms with Gasteiger partial charge >= 0.3 is 6.01 Å². The molecular formula is C12H11Cl2N3OS. The molecule has 4 nitrogen and oxygen atoms in total. The monoisotopic (exact) mass is 315 g/mol. The topological polar surface area (TPSA) is 47.9 Å². The molecule has 100 valence electrons. The quantitative estimate of drug-likeness (QED) is 0.849. The summed E-state index contributed by atoms with van der Waals surface area (Å²) in [5.41, 5.74) is 0. The Balaban J connectivity index is 2.19. The fourth-order valence-corrected chi connectivity index (χ4v) is 2.30. The number of aromatic nitrogens is 3. The Bertz CT molecular complexity index is 563. The molecule has 19 heavy (non-hydrogen) atoms. The normalized spacial score (nSPS) is 10.8. The van der Waals surface area contributed by atoms with Crippen molar-refractivity contribution in [2.24, 2.45) is 0 Å². The molecule has 0 saturated carbocycles. The molecule has 7 heteroatoms. The Kier molecular flexibility index (Phi) is 4.85. The Hall–Kier alpha value is -1.04. The second kappa shape index (κ2) is 6.41. The maximum absolute atomic E-state index is 5.85. The van der Waals surface area contributed by atoms with Crippen LogP contribution in [0.3, 0.4) is 0 Å². The summed E-state index contributed by atoms with van der Waals surface area (Å²) in [5, 5.41) is 1.28. The van der Waals surface area contributed by atoms with Crippen molar-refractivity contribution in [2.45, 2.75) is 30.0 Å². The van der Waals surface area contributed by atoms with Crippen LogP contribution in [0.25, 0.3) is 0 Å². The minimum atomic E-state index is -0.0214. The molecule has 0 unspecified atom stereocenters. The van der Waals surface area contributed by atoms with E-state index >= 15 is 0 Å². The maximum Gasteiger partial charge on any atom is 0.322 e. The van der Waals surface area contributed by atoms with E-state index in [1.165, 1.54) is 11.8 Å². The van der Waals surface area contributed by atoms with Crippen molar-refractivity contribution >= 4 is 35.0 Å². The molecular weight excluding hydrogens is 305 g/mol. The largest absolute Gasteiger partial charge is 0.461 e. The van der Waals surface area contributed by atoms with E-state index in [1.807, 2.05) is 26.0 Å². The van der Waals surface area contributed by atoms with Gasteiger partial charge in [0.15, 0.2) is 5.16 Å². The molecule has 1 aromatic carbocycles. The third-order valence-corrected chi connectivity index (χ3v) is 3.23. The molecule has 0 atom stereocenters. The molecule has 0 aliphatic rings. The molecule has 2 rings (SSSR count). The summed E-state index contributed by atoms with van der Waals surface area (Å²) in [6, 6.07) is 7.60. The van der Waals surface area contributed by atoms with Crippen LogP contribution in [0.1, 0.15) is 13.8 Å². The van der Waals surface area contributed by atoms with Crippen LogP contribution in [0, 0.1) is 0 Å². The van der Waals surface area contributed by atoms with Crippen molar-refractivity contribution < 1.29 is 4.74 Å². The summed E-state index contributed by atoms with van der Waals surface area (Å²) in [7, 11) is 0. The van der Waals surface area contributed by atoms with Crippen molar-refractivity contribution in [3.05, 3.63) is 34.6 Å². The van der Waals surface area contributed by atoms with Crippen LogP contribution in [0.2, 0.25) is 10.3 Å². The lowest BCUT2D eigenvalue weighted by atomic mass is 10.4. The Morgan fingerprint density at radius 1 is 1.05 bits per heavy atom. The van der Waals surface area contributed by atoms with Gasteiger partial charge < -0.3 is 4.74 Å². The summed E-state index contributed by atoms with van der Waals surface area (Å²) in [6.07, 6.45) is -0.0214. The molecule has 1 aromatic heterocycles. The molecule has 0 radical (unpaired) electrons. The Morgan fingerprint density at radius 3 is 2.37 bits per heavy atom. The number of halogens is 2. The van der Waals surface area contributed by atoms with Gasteiger partial charge in [0.1, 0.15) is 0 Å². The fourth-order valence-electron chi connectivity index (χ4n) is 1.23. The molecule has 0 N–H and O–H groups in total. The van der Waals surface area contributed by atoms with E-state index in [2.05, 4.69) is 15.0 Å². The van der Waals surface area contributed by atoms with E-state index in [1.54, 1.807) is 12.1 Å². The molecule has 1 heterocycles. The van der Waals surface area contributed by atoms with Gasteiger partial charge in [-0.1, -0.05) is 11.6 Å². The van der Waals surface area contributed by atoms with Crippen molar-refractivity contribution in [1.82, 2.24) is 15.0 Å². The summed E-state index contributed by atoms with van der Waals surface area (Å²) < 4.78 is 5.41. The van der Waals surface area contributed by atoms with Crippen LogP contribution in [0.4, 0.5) is 0 Å². The molecule has 0 amide bonds. The summed E-state index contributed by atoms with van der Waals surface area (Å²) in [4.78, 5) is 13.1. The van der Waals surface area contributed by atoms with Crippen molar-refractivity contribution in [1.29, 1.82) is 0 Å². The molecule has 0 aliphatic carbocycles. The number of hydrogen-bond acceptors (Lipinski definition) is 5. The Morgan fingerprint density at radius 2 is 1.74 bits per heavy atom. The number of benzene rings is 1. The zero-order valence-corrected chi connectivity index (χ0v) is 12.6. The highest BCUT2D eigenvalue weighted by atomic mass is 35.5. The average Bonchev–Trinajstić information content (AvgIpc) is 2.30. The van der Waals surface area contributed by atoms with Gasteiger partial charge in [0.2, 0.25) is 5.28 Å². The van der Waals surface area contributed by atoms with Gasteiger partial charge in [-0.2, -0.15) is 15.0 Å². The zero-order chi connectivity index (χ0) is 13.8. The van der Waals surface area contributed by atoms with Gasteiger partial charge in [0, 0.05) is 9.92 Å². The van der Waals surface area contributed by atoms with Crippen LogP contribution < -0.4 is 4.74 Å². The number of rotatable bonds is 4. The van der Waals surface area contributed by atoms with Gasteiger partial charge in [-0.25, -0.2) is 0 Å².